The maximum atomic E-state index is 3.40. The van der Waals surface area contributed by atoms with E-state index in [9.17, 15) is 0 Å². The van der Waals surface area contributed by atoms with Crippen LogP contribution >= 0.6 is 25.6 Å². The quantitative estimate of drug-likeness (QED) is 0.279. The van der Waals surface area contributed by atoms with Gasteiger partial charge in [0.15, 0.2) is 0 Å². The zero-order chi connectivity index (χ0) is 2.71. The molecule has 4 heteroatoms. The number of rotatable bonds is 0. The van der Waals surface area contributed by atoms with Crippen LogP contribution in [0.5, 0.6) is 0 Å². The van der Waals surface area contributed by atoms with E-state index >= 15 is 0 Å². The third kappa shape index (κ3) is 15.4. The molecular formula is H3BNS2. The molecule has 0 atom stereocenters. The lowest BCUT2D eigenvalue weighted by atomic mass is 10.8. The Balaban J connectivity index is 0. The van der Waals surface area contributed by atoms with Gasteiger partial charge in [0.2, 0.25) is 0 Å². The molecule has 0 fully saturated rings. The van der Waals surface area contributed by atoms with Crippen LogP contribution in [-0.2, 0) is 0 Å². The Morgan fingerprint density at radius 2 is 1.25 bits per heavy atom. The summed E-state index contributed by atoms with van der Waals surface area (Å²) in [6.07, 6.45) is 0. The summed E-state index contributed by atoms with van der Waals surface area (Å²) >= 11 is 6.81. The van der Waals surface area contributed by atoms with E-state index in [0.717, 1.165) is 0 Å². The van der Waals surface area contributed by atoms with Gasteiger partial charge in [-0.1, -0.05) is 25.6 Å². The first kappa shape index (κ1) is 8.83. The second kappa shape index (κ2) is 9.30. The normalized spacial score (nSPS) is 4.50. The lowest BCUT2D eigenvalue weighted by molar-refractivity contribution is 1.83. The van der Waals surface area contributed by atoms with Gasteiger partial charge in [0, 0.05) is 8.41 Å². The Morgan fingerprint density at radius 3 is 1.25 bits per heavy atom. The lowest BCUT2D eigenvalue weighted by Gasteiger charge is -1.57. The largest absolute Gasteiger partial charge is 0.213 e. The van der Waals surface area contributed by atoms with E-state index in [1.807, 2.05) is 0 Å². The average Bonchev–Trinajstić information content (AvgIpc) is 0.918. The van der Waals surface area contributed by atoms with E-state index in [1.165, 1.54) is 0 Å². The van der Waals surface area contributed by atoms with Crippen LogP contribution < -0.4 is 4.13 Å². The van der Waals surface area contributed by atoms with Crippen molar-refractivity contribution in [3.05, 3.63) is 0 Å². The van der Waals surface area contributed by atoms with Crippen molar-refractivity contribution in [3.63, 3.8) is 0 Å². The number of hydrogen-bond acceptors (Lipinski definition) is 3. The number of hydrogen-bond donors (Lipinski definition) is 3. The lowest BCUT2D eigenvalue weighted by Crippen LogP contribution is -1.60. The molecular weight excluding hydrogens is 89.0 g/mol. The van der Waals surface area contributed by atoms with E-state index < -0.39 is 0 Å². The minimum Gasteiger partial charge on any atom is -0.213 e. The van der Waals surface area contributed by atoms with E-state index in [4.69, 9.17) is 0 Å². The Hall–Kier alpha value is 0.725. The second-order valence-electron chi connectivity index (χ2n) is 0.100. The molecule has 0 bridgehead atoms. The molecule has 23 valence electrons. The van der Waals surface area contributed by atoms with Gasteiger partial charge in [-0.2, -0.15) is 0 Å². The highest BCUT2D eigenvalue weighted by atomic mass is 32.2. The molecule has 0 aromatic heterocycles. The van der Waals surface area contributed by atoms with Gasteiger partial charge in [0.05, 0.1) is 0 Å². The molecule has 1 nitrogen and oxygen atoms in total. The summed E-state index contributed by atoms with van der Waals surface area (Å²) in [5.74, 6) is 0. The van der Waals surface area contributed by atoms with Crippen LogP contribution in [-0.4, -0.2) is 8.41 Å². The molecule has 1 N–H and O–H groups in total. The number of nitrogens with one attached hydrogen (secondary N) is 1. The van der Waals surface area contributed by atoms with Crippen molar-refractivity contribution in [1.82, 2.24) is 4.13 Å². The standard InChI is InChI=1S/B.H3NS2/c;2-1-3/h;1-3H. The van der Waals surface area contributed by atoms with Crippen molar-refractivity contribution in [1.29, 1.82) is 0 Å². The fraction of sp³-hybridized carbons (Fsp3) is 0. The Labute approximate surface area is 38.8 Å². The minimum atomic E-state index is 0. The zero-order valence-corrected chi connectivity index (χ0v) is 3.76. The molecule has 0 aliphatic carbocycles. The van der Waals surface area contributed by atoms with Crippen LogP contribution in [0.15, 0.2) is 0 Å². The molecule has 3 radical (unpaired) electrons. The Kier molecular flexibility index (Phi) is 20.5. The Morgan fingerprint density at radius 1 is 1.25 bits per heavy atom. The van der Waals surface area contributed by atoms with Crippen LogP contribution in [0.4, 0.5) is 0 Å². The second-order valence-corrected chi connectivity index (χ2v) is 0.900. The average molecular weight is 92.0 g/mol. The summed E-state index contributed by atoms with van der Waals surface area (Å²) in [5.41, 5.74) is 0. The first-order chi connectivity index (χ1) is 1.41. The van der Waals surface area contributed by atoms with Gasteiger partial charge in [0.1, 0.15) is 0 Å². The maximum absolute atomic E-state index is 3.40. The fourth-order valence-electron chi connectivity index (χ4n) is 0. The molecule has 0 aliphatic rings. The SMILES string of the molecule is SNS.[B]. The summed E-state index contributed by atoms with van der Waals surface area (Å²) in [6, 6.07) is 0. The summed E-state index contributed by atoms with van der Waals surface area (Å²) in [5, 5.41) is 0. The topological polar surface area (TPSA) is 12.0 Å². The molecule has 0 spiro atoms. The maximum Gasteiger partial charge on any atom is 0 e. The van der Waals surface area contributed by atoms with Gasteiger partial charge in [-0.15, -0.1) is 0 Å². The van der Waals surface area contributed by atoms with Crippen molar-refractivity contribution in [2.24, 2.45) is 0 Å². The summed E-state index contributed by atoms with van der Waals surface area (Å²) in [6.45, 7) is 0. The van der Waals surface area contributed by atoms with Crippen LogP contribution in [0.25, 0.3) is 0 Å². The van der Waals surface area contributed by atoms with Crippen molar-refractivity contribution in [2.75, 3.05) is 0 Å². The van der Waals surface area contributed by atoms with E-state index in [2.05, 4.69) is 29.8 Å². The third-order valence-corrected chi connectivity index (χ3v) is 0. The predicted octanol–water partition coefficient (Wildman–Crippen LogP) is -0.115. The summed E-state index contributed by atoms with van der Waals surface area (Å²) < 4.78 is 2.14. The van der Waals surface area contributed by atoms with Crippen molar-refractivity contribution >= 4 is 34.0 Å². The zero-order valence-electron chi connectivity index (χ0n) is 1.97. The van der Waals surface area contributed by atoms with Gasteiger partial charge in [-0.3, -0.25) is 0 Å². The molecule has 0 amide bonds. The van der Waals surface area contributed by atoms with Crippen molar-refractivity contribution in [3.8, 4) is 0 Å². The molecule has 0 aliphatic heterocycles. The van der Waals surface area contributed by atoms with Crippen LogP contribution in [0.3, 0.4) is 0 Å². The molecule has 0 rings (SSSR count). The van der Waals surface area contributed by atoms with Crippen LogP contribution in [0.1, 0.15) is 0 Å². The molecule has 0 saturated heterocycles. The number of thiol groups is 2. The summed E-state index contributed by atoms with van der Waals surface area (Å²) in [4.78, 5) is 0. The minimum absolute atomic E-state index is 0. The highest BCUT2D eigenvalue weighted by molar-refractivity contribution is 7.94. The van der Waals surface area contributed by atoms with E-state index in [0.29, 0.717) is 0 Å². The Bertz CT molecular complexity index is 6.00. The van der Waals surface area contributed by atoms with Crippen molar-refractivity contribution < 1.29 is 0 Å². The molecule has 0 heterocycles. The monoisotopic (exact) mass is 92.0 g/mol. The first-order valence-electron chi connectivity index (χ1n) is 0.447. The van der Waals surface area contributed by atoms with Gasteiger partial charge >= 0.3 is 0 Å². The van der Waals surface area contributed by atoms with Gasteiger partial charge in [-0.05, 0) is 0 Å². The molecule has 4 heavy (non-hydrogen) atoms. The van der Waals surface area contributed by atoms with E-state index in [1.54, 1.807) is 0 Å². The van der Waals surface area contributed by atoms with Crippen molar-refractivity contribution in [2.45, 2.75) is 0 Å². The highest BCUT2D eigenvalue weighted by Crippen LogP contribution is 1.54. The van der Waals surface area contributed by atoms with E-state index in [-0.39, 0.29) is 8.41 Å². The summed E-state index contributed by atoms with van der Waals surface area (Å²) in [7, 11) is 0. The smallest absolute Gasteiger partial charge is 0 e. The molecule has 0 aromatic carbocycles. The molecule has 0 saturated carbocycles. The molecule has 0 unspecified atom stereocenters. The van der Waals surface area contributed by atoms with Gasteiger partial charge in [-0.25, -0.2) is 4.13 Å². The first-order valence-corrected chi connectivity index (χ1v) is 1.34. The highest BCUT2D eigenvalue weighted by Gasteiger charge is 1.26. The predicted molar refractivity (Wildman–Crippen MR) is 26.9 cm³/mol. The third-order valence-electron chi connectivity index (χ3n) is 0. The van der Waals surface area contributed by atoms with Crippen LogP contribution in [0.2, 0.25) is 0 Å². The fourth-order valence-corrected chi connectivity index (χ4v) is 0. The van der Waals surface area contributed by atoms with Gasteiger partial charge in [0.25, 0.3) is 0 Å². The van der Waals surface area contributed by atoms with Crippen LogP contribution in [0, 0.1) is 0 Å². The van der Waals surface area contributed by atoms with Gasteiger partial charge < -0.3 is 0 Å². The molecule has 0 aromatic rings.